The van der Waals surface area contributed by atoms with Gasteiger partial charge in [-0.2, -0.15) is 0 Å². The minimum atomic E-state index is -0.311. The number of hydrogen-bond donors (Lipinski definition) is 0. The number of anilines is 1. The highest BCUT2D eigenvalue weighted by Crippen LogP contribution is 2.29. The number of fused-ring (bicyclic) bond motifs is 1. The van der Waals surface area contributed by atoms with E-state index in [1.807, 2.05) is 54.6 Å². The van der Waals surface area contributed by atoms with Crippen LogP contribution in [0.15, 0.2) is 89.6 Å². The zero-order chi connectivity index (χ0) is 18.8. The first-order valence-electron chi connectivity index (χ1n) is 8.62. The van der Waals surface area contributed by atoms with Crippen molar-refractivity contribution in [1.82, 2.24) is 0 Å². The third-order valence-corrected chi connectivity index (χ3v) is 4.50. The second kappa shape index (κ2) is 7.00. The predicted molar refractivity (Wildman–Crippen MR) is 106 cm³/mol. The van der Waals surface area contributed by atoms with E-state index in [9.17, 15) is 9.18 Å². The van der Waals surface area contributed by atoms with Gasteiger partial charge < -0.3 is 4.90 Å². The van der Waals surface area contributed by atoms with Crippen molar-refractivity contribution in [3.63, 3.8) is 0 Å². The van der Waals surface area contributed by atoms with Gasteiger partial charge >= 0.3 is 0 Å². The Labute approximate surface area is 157 Å². The standard InChI is InChI=1S/C23H17FN2O/c1-26-21-10-6-5-9-19(21)22(17-11-13-18(24)14-12-17)25-20(23(26)27)15-16-7-3-2-4-8-16/h2-15H,1H3/b20-15-. The molecule has 0 aromatic heterocycles. The fraction of sp³-hybridized carbons (Fsp3) is 0.0435. The summed E-state index contributed by atoms with van der Waals surface area (Å²) in [5.41, 5.74) is 4.22. The fourth-order valence-corrected chi connectivity index (χ4v) is 3.11. The van der Waals surface area contributed by atoms with Crippen LogP contribution in [0, 0.1) is 5.82 Å². The van der Waals surface area contributed by atoms with Crippen molar-refractivity contribution in [3.05, 3.63) is 107 Å². The number of benzene rings is 3. The van der Waals surface area contributed by atoms with E-state index < -0.39 is 0 Å². The van der Waals surface area contributed by atoms with Crippen LogP contribution < -0.4 is 4.90 Å². The molecular formula is C23H17FN2O. The molecule has 1 amide bonds. The summed E-state index contributed by atoms with van der Waals surface area (Å²) in [5.74, 6) is -0.502. The summed E-state index contributed by atoms with van der Waals surface area (Å²) in [5, 5.41) is 0. The molecule has 3 aromatic rings. The van der Waals surface area contributed by atoms with Crippen molar-refractivity contribution in [2.75, 3.05) is 11.9 Å². The zero-order valence-corrected chi connectivity index (χ0v) is 14.8. The molecule has 0 bridgehead atoms. The average molecular weight is 356 g/mol. The van der Waals surface area contributed by atoms with Crippen molar-refractivity contribution in [2.45, 2.75) is 0 Å². The lowest BCUT2D eigenvalue weighted by Crippen LogP contribution is -2.26. The van der Waals surface area contributed by atoms with Crippen LogP contribution in [0.2, 0.25) is 0 Å². The van der Waals surface area contributed by atoms with Gasteiger partial charge in [0, 0.05) is 18.2 Å². The van der Waals surface area contributed by atoms with Crippen LogP contribution in [0.3, 0.4) is 0 Å². The Balaban J connectivity index is 1.94. The van der Waals surface area contributed by atoms with Crippen LogP contribution >= 0.6 is 0 Å². The van der Waals surface area contributed by atoms with Gasteiger partial charge in [-0.05, 0) is 42.0 Å². The largest absolute Gasteiger partial charge is 0.309 e. The summed E-state index contributed by atoms with van der Waals surface area (Å²) in [7, 11) is 1.74. The molecule has 0 spiro atoms. The van der Waals surface area contributed by atoms with E-state index in [2.05, 4.69) is 0 Å². The molecule has 0 N–H and O–H groups in total. The number of aliphatic imine (C=N–C) groups is 1. The molecule has 1 aliphatic heterocycles. The molecule has 132 valence electrons. The van der Waals surface area contributed by atoms with Crippen molar-refractivity contribution >= 4 is 23.4 Å². The summed E-state index contributed by atoms with van der Waals surface area (Å²) in [4.78, 5) is 19.3. The summed E-state index contributed by atoms with van der Waals surface area (Å²) in [6, 6.07) is 23.4. The minimum absolute atomic E-state index is 0.191. The number of carbonyl (C=O) groups excluding carboxylic acids is 1. The second-order valence-corrected chi connectivity index (χ2v) is 6.29. The Morgan fingerprint density at radius 3 is 2.30 bits per heavy atom. The quantitative estimate of drug-likeness (QED) is 0.614. The molecule has 0 saturated heterocycles. The molecule has 27 heavy (non-hydrogen) atoms. The highest BCUT2D eigenvalue weighted by atomic mass is 19.1. The van der Waals surface area contributed by atoms with Crippen molar-refractivity contribution in [3.8, 4) is 0 Å². The Hall–Kier alpha value is -3.53. The van der Waals surface area contributed by atoms with Gasteiger partial charge in [-0.1, -0.05) is 48.5 Å². The maximum Gasteiger partial charge on any atom is 0.276 e. The number of likely N-dealkylation sites (N-methyl/N-ethyl adjacent to an activating group) is 1. The number of nitrogens with zero attached hydrogens (tertiary/aromatic N) is 2. The molecule has 0 radical (unpaired) electrons. The SMILES string of the molecule is CN1C(=O)/C(=C/c2ccccc2)N=C(c2ccc(F)cc2)c2ccccc21. The van der Waals surface area contributed by atoms with Gasteiger partial charge in [0.25, 0.3) is 5.91 Å². The first kappa shape index (κ1) is 16.9. The third kappa shape index (κ3) is 3.29. The molecule has 0 aliphatic carbocycles. The summed E-state index contributed by atoms with van der Waals surface area (Å²) >= 11 is 0. The molecule has 3 nitrogen and oxygen atoms in total. The summed E-state index contributed by atoms with van der Waals surface area (Å²) in [6.07, 6.45) is 1.77. The third-order valence-electron chi connectivity index (χ3n) is 4.50. The van der Waals surface area contributed by atoms with Crippen LogP contribution in [0.5, 0.6) is 0 Å². The highest BCUT2D eigenvalue weighted by molar-refractivity contribution is 6.23. The Morgan fingerprint density at radius 1 is 0.889 bits per heavy atom. The molecule has 1 heterocycles. The molecule has 0 fully saturated rings. The Kier molecular flexibility index (Phi) is 4.38. The predicted octanol–water partition coefficient (Wildman–Crippen LogP) is 4.68. The van der Waals surface area contributed by atoms with Crippen LogP contribution in [0.1, 0.15) is 16.7 Å². The van der Waals surface area contributed by atoms with Crippen molar-refractivity contribution in [1.29, 1.82) is 0 Å². The molecule has 3 aromatic carbocycles. The smallest absolute Gasteiger partial charge is 0.276 e. The Morgan fingerprint density at radius 2 is 1.56 bits per heavy atom. The van der Waals surface area contributed by atoms with E-state index in [1.165, 1.54) is 12.1 Å². The van der Waals surface area contributed by atoms with Crippen LogP contribution in [0.25, 0.3) is 6.08 Å². The maximum absolute atomic E-state index is 13.4. The first-order valence-corrected chi connectivity index (χ1v) is 8.62. The molecule has 0 atom stereocenters. The van der Waals surface area contributed by atoms with Gasteiger partial charge in [-0.25, -0.2) is 9.38 Å². The fourth-order valence-electron chi connectivity index (χ4n) is 3.11. The average Bonchev–Trinajstić information content (AvgIpc) is 2.80. The van der Waals surface area contributed by atoms with Gasteiger partial charge in [0.05, 0.1) is 11.4 Å². The first-order chi connectivity index (χ1) is 13.1. The van der Waals surface area contributed by atoms with E-state index in [0.717, 1.165) is 22.4 Å². The van der Waals surface area contributed by atoms with Crippen LogP contribution in [0.4, 0.5) is 10.1 Å². The number of rotatable bonds is 2. The number of halogens is 1. The number of benzodiazepines with no additional fused rings is 1. The number of carbonyl (C=O) groups is 1. The zero-order valence-electron chi connectivity index (χ0n) is 14.8. The molecule has 4 rings (SSSR count). The van der Waals surface area contributed by atoms with Crippen LogP contribution in [-0.4, -0.2) is 18.7 Å². The number of amides is 1. The molecule has 0 saturated carbocycles. The lowest BCUT2D eigenvalue weighted by atomic mass is 10.0. The van der Waals surface area contributed by atoms with Crippen molar-refractivity contribution < 1.29 is 9.18 Å². The van der Waals surface area contributed by atoms with E-state index in [0.29, 0.717) is 11.4 Å². The van der Waals surface area contributed by atoms with Gasteiger partial charge in [-0.15, -0.1) is 0 Å². The number of hydrogen-bond acceptors (Lipinski definition) is 2. The Bertz CT molecular complexity index is 1050. The maximum atomic E-state index is 13.4. The molecular weight excluding hydrogens is 339 g/mol. The second-order valence-electron chi connectivity index (χ2n) is 6.29. The van der Waals surface area contributed by atoms with Crippen molar-refractivity contribution in [2.24, 2.45) is 4.99 Å². The van der Waals surface area contributed by atoms with E-state index in [-0.39, 0.29) is 11.7 Å². The van der Waals surface area contributed by atoms with Gasteiger partial charge in [0.2, 0.25) is 0 Å². The highest BCUT2D eigenvalue weighted by Gasteiger charge is 2.25. The number of para-hydroxylation sites is 1. The molecule has 0 unspecified atom stereocenters. The van der Waals surface area contributed by atoms with Gasteiger partial charge in [0.1, 0.15) is 11.5 Å². The molecule has 4 heteroatoms. The monoisotopic (exact) mass is 356 g/mol. The van der Waals surface area contributed by atoms with Gasteiger partial charge in [-0.3, -0.25) is 4.79 Å². The lowest BCUT2D eigenvalue weighted by molar-refractivity contribution is -0.114. The summed E-state index contributed by atoms with van der Waals surface area (Å²) in [6.45, 7) is 0. The topological polar surface area (TPSA) is 32.7 Å². The van der Waals surface area contributed by atoms with Gasteiger partial charge in [0.15, 0.2) is 0 Å². The minimum Gasteiger partial charge on any atom is -0.309 e. The van der Waals surface area contributed by atoms with E-state index in [4.69, 9.17) is 4.99 Å². The van der Waals surface area contributed by atoms with E-state index in [1.54, 1.807) is 30.2 Å². The van der Waals surface area contributed by atoms with Crippen LogP contribution in [-0.2, 0) is 4.79 Å². The normalized spacial score (nSPS) is 15.3. The van der Waals surface area contributed by atoms with E-state index >= 15 is 0 Å². The lowest BCUT2D eigenvalue weighted by Gasteiger charge is -2.17. The molecule has 1 aliphatic rings. The summed E-state index contributed by atoms with van der Waals surface area (Å²) < 4.78 is 13.4.